The van der Waals surface area contributed by atoms with Crippen molar-refractivity contribution in [2.75, 3.05) is 27.2 Å². The summed E-state index contributed by atoms with van der Waals surface area (Å²) in [6, 6.07) is 8.10. The SMILES string of the molecule is C=CC1=C(C)c2cc3[nH]c(cc4nc(cc5[nH]c(cc1n2)c(C)c5CCC(=O)NCCN(C)C)C(CCC(=O)O)=C4C)c(C)c3C=C. The summed E-state index contributed by atoms with van der Waals surface area (Å²) in [6.07, 6.45) is 4.87. The van der Waals surface area contributed by atoms with Crippen molar-refractivity contribution in [1.82, 2.24) is 30.2 Å². The van der Waals surface area contributed by atoms with Crippen LogP contribution in [0.1, 0.15) is 78.1 Å². The number of fused-ring (bicyclic) bond motifs is 8. The number of carboxylic acid groups (broad SMARTS) is 1. The Morgan fingerprint density at radius 1 is 0.809 bits per heavy atom. The molecule has 3 aromatic rings. The quantitative estimate of drug-likeness (QED) is 0.179. The largest absolute Gasteiger partial charge is 0.481 e. The average Bonchev–Trinajstić information content (AvgIpc) is 3.67. The Morgan fingerprint density at radius 3 is 2.11 bits per heavy atom. The predicted molar refractivity (Wildman–Crippen MR) is 192 cm³/mol. The molecule has 4 N–H and O–H groups in total. The summed E-state index contributed by atoms with van der Waals surface area (Å²) in [6.45, 7) is 17.7. The second kappa shape index (κ2) is 13.8. The lowest BCUT2D eigenvalue weighted by Gasteiger charge is -2.10. The first-order chi connectivity index (χ1) is 22.4. The second-order valence-corrected chi connectivity index (χ2v) is 12.5. The lowest BCUT2D eigenvalue weighted by molar-refractivity contribution is -0.136. The summed E-state index contributed by atoms with van der Waals surface area (Å²) >= 11 is 0. The van der Waals surface area contributed by atoms with E-state index in [-0.39, 0.29) is 12.3 Å². The fraction of sp³-hybridized carbons (Fsp3) is 0.316. The number of aromatic nitrogens is 4. The standard InChI is InChI=1S/C38H44N6O3/c1-9-25-21(3)29-17-30-24(6)28(12-14-38(46)47)36(42-30)20-35-27(11-13-37(45)39-15-16-44(7)8)23(5)32(43-35)19-34-26(10-2)22(4)31(41-34)18-33(25)40-29/h9-10,17-20,40,43H,1-2,11-16H2,3-8H3,(H,39,45)(H,46,47). The van der Waals surface area contributed by atoms with Crippen molar-refractivity contribution >= 4 is 62.3 Å². The van der Waals surface area contributed by atoms with Crippen molar-refractivity contribution in [2.45, 2.75) is 53.4 Å². The highest BCUT2D eigenvalue weighted by Crippen LogP contribution is 2.36. The number of allylic oxidation sites excluding steroid dienone is 5. The zero-order chi connectivity index (χ0) is 34.0. The molecule has 5 rings (SSSR count). The van der Waals surface area contributed by atoms with E-state index in [1.807, 2.05) is 69.3 Å². The van der Waals surface area contributed by atoms with Crippen molar-refractivity contribution in [3.63, 3.8) is 0 Å². The summed E-state index contributed by atoms with van der Waals surface area (Å²) < 4.78 is 0. The molecule has 0 aromatic carbocycles. The number of aromatic amines is 2. The molecular formula is C38H44N6O3. The van der Waals surface area contributed by atoms with Crippen LogP contribution in [0, 0.1) is 13.8 Å². The molecule has 47 heavy (non-hydrogen) atoms. The number of aliphatic carboxylic acids is 1. The van der Waals surface area contributed by atoms with E-state index in [4.69, 9.17) is 9.97 Å². The van der Waals surface area contributed by atoms with Crippen LogP contribution in [0.3, 0.4) is 0 Å². The zero-order valence-corrected chi connectivity index (χ0v) is 28.2. The van der Waals surface area contributed by atoms with Crippen LogP contribution in [-0.2, 0) is 16.0 Å². The van der Waals surface area contributed by atoms with Crippen molar-refractivity contribution in [2.24, 2.45) is 0 Å². The van der Waals surface area contributed by atoms with Gasteiger partial charge in [-0.05, 0) is 112 Å². The maximum absolute atomic E-state index is 12.8. The Hall–Kier alpha value is -5.02. The number of carbonyl (C=O) groups is 2. The summed E-state index contributed by atoms with van der Waals surface area (Å²) in [5.74, 6) is -0.870. The van der Waals surface area contributed by atoms with Crippen molar-refractivity contribution in [3.05, 3.63) is 88.5 Å². The molecule has 0 atom stereocenters. The number of carboxylic acids is 1. The Bertz CT molecular complexity index is 2020. The Balaban J connectivity index is 1.80. The van der Waals surface area contributed by atoms with E-state index in [0.29, 0.717) is 31.5 Å². The number of carbonyl (C=O) groups excluding carboxylic acids is 1. The van der Waals surface area contributed by atoms with Crippen LogP contribution >= 0.6 is 0 Å². The van der Waals surface area contributed by atoms with Crippen LogP contribution in [0.15, 0.2) is 43.5 Å². The molecule has 9 heteroatoms. The first-order valence-electron chi connectivity index (χ1n) is 16.0. The smallest absolute Gasteiger partial charge is 0.303 e. The van der Waals surface area contributed by atoms with E-state index in [0.717, 1.165) is 90.2 Å². The molecule has 8 bridgehead atoms. The molecule has 244 valence electrons. The van der Waals surface area contributed by atoms with Crippen LogP contribution in [-0.4, -0.2) is 69.0 Å². The Morgan fingerprint density at radius 2 is 1.43 bits per heavy atom. The van der Waals surface area contributed by atoms with Gasteiger partial charge in [0.2, 0.25) is 5.91 Å². The van der Waals surface area contributed by atoms with Gasteiger partial charge in [-0.2, -0.15) is 0 Å². The van der Waals surface area contributed by atoms with Crippen LogP contribution in [0.5, 0.6) is 0 Å². The van der Waals surface area contributed by atoms with E-state index < -0.39 is 5.97 Å². The molecule has 0 saturated carbocycles. The van der Waals surface area contributed by atoms with Gasteiger partial charge in [-0.3, -0.25) is 9.59 Å². The Labute approximate surface area is 275 Å². The zero-order valence-electron chi connectivity index (χ0n) is 28.2. The second-order valence-electron chi connectivity index (χ2n) is 12.5. The highest BCUT2D eigenvalue weighted by atomic mass is 16.4. The fourth-order valence-corrected chi connectivity index (χ4v) is 6.28. The molecule has 3 aromatic heterocycles. The number of hydrogen-bond acceptors (Lipinski definition) is 5. The molecule has 0 saturated heterocycles. The highest BCUT2D eigenvalue weighted by molar-refractivity contribution is 5.98. The van der Waals surface area contributed by atoms with Gasteiger partial charge in [0.15, 0.2) is 0 Å². The topological polar surface area (TPSA) is 127 Å². The summed E-state index contributed by atoms with van der Waals surface area (Å²) in [7, 11) is 3.95. The van der Waals surface area contributed by atoms with Crippen LogP contribution < -0.4 is 5.32 Å². The lowest BCUT2D eigenvalue weighted by Crippen LogP contribution is -2.31. The van der Waals surface area contributed by atoms with E-state index in [9.17, 15) is 14.7 Å². The number of aryl methyl sites for hydroxylation is 3. The molecule has 0 aliphatic carbocycles. The first-order valence-corrected chi connectivity index (χ1v) is 16.0. The third-order valence-corrected chi connectivity index (χ3v) is 9.12. The summed E-state index contributed by atoms with van der Waals surface area (Å²) in [4.78, 5) is 43.8. The van der Waals surface area contributed by atoms with Crippen molar-refractivity contribution in [1.29, 1.82) is 0 Å². The number of hydrogen-bond donors (Lipinski definition) is 4. The molecule has 2 aliphatic heterocycles. The molecule has 5 heterocycles. The van der Waals surface area contributed by atoms with E-state index in [1.165, 1.54) is 0 Å². The van der Waals surface area contributed by atoms with Gasteiger partial charge in [0.05, 0.1) is 22.8 Å². The van der Waals surface area contributed by atoms with E-state index in [1.54, 1.807) is 0 Å². The molecule has 0 fully saturated rings. The van der Waals surface area contributed by atoms with Crippen molar-refractivity contribution < 1.29 is 14.7 Å². The number of nitrogens with one attached hydrogen (secondary N) is 3. The van der Waals surface area contributed by atoms with Crippen LogP contribution in [0.2, 0.25) is 0 Å². The fourth-order valence-electron chi connectivity index (χ4n) is 6.28. The van der Waals surface area contributed by atoms with Crippen LogP contribution in [0.25, 0.3) is 50.4 Å². The van der Waals surface area contributed by atoms with Crippen molar-refractivity contribution in [3.8, 4) is 0 Å². The van der Waals surface area contributed by atoms with E-state index in [2.05, 4.69) is 42.3 Å². The molecule has 9 nitrogen and oxygen atoms in total. The van der Waals surface area contributed by atoms with Gasteiger partial charge in [0.1, 0.15) is 0 Å². The van der Waals surface area contributed by atoms with Gasteiger partial charge in [-0.25, -0.2) is 9.97 Å². The van der Waals surface area contributed by atoms with E-state index >= 15 is 0 Å². The Kier molecular flexibility index (Phi) is 9.77. The predicted octanol–water partition coefficient (Wildman–Crippen LogP) is 7.10. The van der Waals surface area contributed by atoms with Gasteiger partial charge >= 0.3 is 5.97 Å². The first kappa shape index (κ1) is 33.3. The average molecular weight is 633 g/mol. The third-order valence-electron chi connectivity index (χ3n) is 9.12. The molecular weight excluding hydrogens is 588 g/mol. The number of rotatable bonds is 11. The minimum absolute atomic E-state index is 0.00866. The maximum Gasteiger partial charge on any atom is 0.303 e. The monoisotopic (exact) mass is 632 g/mol. The summed E-state index contributed by atoms with van der Waals surface area (Å²) in [5, 5.41) is 12.6. The van der Waals surface area contributed by atoms with Gasteiger partial charge < -0.3 is 25.3 Å². The minimum atomic E-state index is -0.861. The number of amides is 1. The molecule has 1 amide bonds. The van der Waals surface area contributed by atoms with Gasteiger partial charge in [0, 0.05) is 59.1 Å². The maximum atomic E-state index is 12.8. The number of H-pyrrole nitrogens is 2. The lowest BCUT2D eigenvalue weighted by atomic mass is 10.00. The highest BCUT2D eigenvalue weighted by Gasteiger charge is 2.21. The number of likely N-dealkylation sites (N-methyl/N-ethyl adjacent to an activating group) is 1. The van der Waals surface area contributed by atoms with Gasteiger partial charge in [-0.15, -0.1) is 0 Å². The number of nitrogens with zero attached hydrogens (tertiary/aromatic N) is 3. The minimum Gasteiger partial charge on any atom is -0.481 e. The van der Waals surface area contributed by atoms with Gasteiger partial charge in [0.25, 0.3) is 0 Å². The summed E-state index contributed by atoms with van der Waals surface area (Å²) in [5.41, 5.74) is 14.5. The van der Waals surface area contributed by atoms with Crippen LogP contribution in [0.4, 0.5) is 0 Å². The molecule has 0 radical (unpaired) electrons. The molecule has 2 aliphatic rings. The normalized spacial score (nSPS) is 13.0. The molecule has 0 spiro atoms. The van der Waals surface area contributed by atoms with Gasteiger partial charge in [-0.1, -0.05) is 25.3 Å². The molecule has 0 unspecified atom stereocenters. The third kappa shape index (κ3) is 6.90.